The molecule has 1 rings (SSSR count). The Hall–Kier alpha value is -1.49. The Labute approximate surface area is 112 Å². The highest BCUT2D eigenvalue weighted by Gasteiger charge is 2.19. The van der Waals surface area contributed by atoms with Crippen LogP contribution in [0.25, 0.3) is 0 Å². The summed E-state index contributed by atoms with van der Waals surface area (Å²) in [5.74, 6) is -0.426. The summed E-state index contributed by atoms with van der Waals surface area (Å²) in [5.41, 5.74) is 1.09. The summed E-state index contributed by atoms with van der Waals surface area (Å²) < 4.78 is 4.56. The molecular weight excluding hydrogens is 250 g/mol. The monoisotopic (exact) mass is 267 g/mol. The minimum atomic E-state index is -0.679. The molecule has 0 bridgehead atoms. The molecule has 0 saturated heterocycles. The maximum absolute atomic E-state index is 11.7. The molecule has 0 saturated carbocycles. The van der Waals surface area contributed by atoms with Crippen molar-refractivity contribution in [1.29, 1.82) is 0 Å². The van der Waals surface area contributed by atoms with Crippen molar-refractivity contribution in [2.24, 2.45) is 0 Å². The maximum atomic E-state index is 11.7. The van der Waals surface area contributed by atoms with E-state index < -0.39 is 12.0 Å². The van der Waals surface area contributed by atoms with Gasteiger partial charge in [0, 0.05) is 12.2 Å². The Kier molecular flexibility index (Phi) is 6.28. The van der Waals surface area contributed by atoms with Crippen molar-refractivity contribution >= 4 is 24.5 Å². The van der Waals surface area contributed by atoms with Gasteiger partial charge in [-0.25, -0.2) is 4.79 Å². The Morgan fingerprint density at radius 3 is 2.56 bits per heavy atom. The highest BCUT2D eigenvalue weighted by molar-refractivity contribution is 7.80. The van der Waals surface area contributed by atoms with Crippen LogP contribution in [0.5, 0.6) is 0 Å². The topological polar surface area (TPSA) is 55.4 Å². The van der Waals surface area contributed by atoms with Crippen LogP contribution < -0.4 is 5.32 Å². The van der Waals surface area contributed by atoms with E-state index in [-0.39, 0.29) is 11.7 Å². The zero-order valence-corrected chi connectivity index (χ0v) is 11.2. The summed E-state index contributed by atoms with van der Waals surface area (Å²) in [7, 11) is 1.29. The van der Waals surface area contributed by atoms with Crippen LogP contribution in [0.4, 0.5) is 0 Å². The van der Waals surface area contributed by atoms with Gasteiger partial charge >= 0.3 is 5.97 Å². The number of aryl methyl sites for hydroxylation is 1. The van der Waals surface area contributed by atoms with Gasteiger partial charge in [0.05, 0.1) is 7.11 Å². The second kappa shape index (κ2) is 7.76. The fourth-order valence-electron chi connectivity index (χ4n) is 1.49. The third-order valence-electron chi connectivity index (χ3n) is 2.49. The number of benzene rings is 1. The number of nitrogens with one attached hydrogen (secondary N) is 1. The fraction of sp³-hybridized carbons (Fsp3) is 0.385. The first-order valence-electron chi connectivity index (χ1n) is 5.69. The summed E-state index contributed by atoms with van der Waals surface area (Å²) in [6, 6.07) is 9.03. The Balaban J connectivity index is 2.39. The number of esters is 1. The van der Waals surface area contributed by atoms with Gasteiger partial charge in [-0.3, -0.25) is 4.79 Å². The zero-order valence-electron chi connectivity index (χ0n) is 10.3. The summed E-state index contributed by atoms with van der Waals surface area (Å²) in [4.78, 5) is 22.9. The molecule has 5 heteroatoms. The summed E-state index contributed by atoms with van der Waals surface area (Å²) in [6.07, 6.45) is 0.985. The molecule has 1 aromatic carbocycles. The Bertz CT molecular complexity index is 394. The zero-order chi connectivity index (χ0) is 13.4. The molecule has 18 heavy (non-hydrogen) atoms. The lowest BCUT2D eigenvalue weighted by molar-refractivity contribution is -0.144. The lowest BCUT2D eigenvalue weighted by Crippen LogP contribution is -2.42. The fourth-order valence-corrected chi connectivity index (χ4v) is 1.73. The lowest BCUT2D eigenvalue weighted by atomic mass is 10.1. The second-order valence-corrected chi connectivity index (χ2v) is 4.18. The molecule has 4 nitrogen and oxygen atoms in total. The normalized spacial score (nSPS) is 11.7. The van der Waals surface area contributed by atoms with Crippen molar-refractivity contribution in [3.05, 3.63) is 35.9 Å². The number of carbonyl (C=O) groups excluding carboxylic acids is 2. The van der Waals surface area contributed by atoms with Gasteiger partial charge in [-0.05, 0) is 12.0 Å². The molecule has 1 aromatic rings. The molecule has 1 atom stereocenters. The van der Waals surface area contributed by atoms with Crippen molar-refractivity contribution in [3.63, 3.8) is 0 Å². The molecule has 0 radical (unpaired) electrons. The molecule has 0 aromatic heterocycles. The number of hydrogen-bond donors (Lipinski definition) is 2. The van der Waals surface area contributed by atoms with Gasteiger partial charge in [0.25, 0.3) is 0 Å². The first kappa shape index (κ1) is 14.6. The van der Waals surface area contributed by atoms with Gasteiger partial charge in [-0.15, -0.1) is 0 Å². The summed E-state index contributed by atoms with van der Waals surface area (Å²) >= 11 is 4.01. The van der Waals surface area contributed by atoms with Crippen LogP contribution in [-0.4, -0.2) is 30.8 Å². The molecule has 0 aliphatic carbocycles. The van der Waals surface area contributed by atoms with Crippen molar-refractivity contribution < 1.29 is 14.3 Å². The summed E-state index contributed by atoms with van der Waals surface area (Å²) in [6.45, 7) is 0. The van der Waals surface area contributed by atoms with Crippen LogP contribution in [0.1, 0.15) is 12.0 Å². The van der Waals surface area contributed by atoms with Gasteiger partial charge < -0.3 is 10.1 Å². The molecule has 1 amide bonds. The first-order chi connectivity index (χ1) is 8.67. The molecule has 0 fully saturated rings. The number of methoxy groups -OCH3 is 1. The molecule has 0 heterocycles. The number of ether oxygens (including phenoxy) is 1. The SMILES string of the molecule is COC(=O)[C@H](CS)NC(=O)CCc1ccccc1. The van der Waals surface area contributed by atoms with Crippen LogP contribution in [0, 0.1) is 0 Å². The van der Waals surface area contributed by atoms with E-state index in [9.17, 15) is 9.59 Å². The maximum Gasteiger partial charge on any atom is 0.329 e. The molecule has 0 unspecified atom stereocenters. The van der Waals surface area contributed by atoms with Gasteiger partial charge in [0.15, 0.2) is 0 Å². The van der Waals surface area contributed by atoms with Crippen LogP contribution in [0.2, 0.25) is 0 Å². The Morgan fingerprint density at radius 2 is 2.00 bits per heavy atom. The third kappa shape index (κ3) is 4.79. The number of rotatable bonds is 6. The van der Waals surface area contributed by atoms with Gasteiger partial charge in [0.1, 0.15) is 6.04 Å². The summed E-state index contributed by atoms with van der Waals surface area (Å²) in [5, 5.41) is 2.60. The van der Waals surface area contributed by atoms with E-state index in [2.05, 4.69) is 22.7 Å². The first-order valence-corrected chi connectivity index (χ1v) is 6.32. The average molecular weight is 267 g/mol. The van der Waals surface area contributed by atoms with Gasteiger partial charge in [-0.1, -0.05) is 30.3 Å². The highest BCUT2D eigenvalue weighted by Crippen LogP contribution is 2.02. The Morgan fingerprint density at radius 1 is 1.33 bits per heavy atom. The predicted octanol–water partition coefficient (Wildman–Crippen LogP) is 1.21. The van der Waals surface area contributed by atoms with Crippen LogP contribution >= 0.6 is 12.6 Å². The largest absolute Gasteiger partial charge is 0.467 e. The number of hydrogen-bond acceptors (Lipinski definition) is 4. The van der Waals surface area contributed by atoms with Crippen molar-refractivity contribution in [1.82, 2.24) is 5.32 Å². The highest BCUT2D eigenvalue weighted by atomic mass is 32.1. The van der Waals surface area contributed by atoms with Crippen LogP contribution in [0.15, 0.2) is 30.3 Å². The van der Waals surface area contributed by atoms with E-state index in [0.29, 0.717) is 12.8 Å². The molecule has 98 valence electrons. The standard InChI is InChI=1S/C13H17NO3S/c1-17-13(16)11(9-18)14-12(15)8-7-10-5-3-2-4-6-10/h2-6,11,18H,7-9H2,1H3,(H,14,15)/t11-/m0/s1. The van der Waals surface area contributed by atoms with E-state index in [0.717, 1.165) is 5.56 Å². The third-order valence-corrected chi connectivity index (χ3v) is 2.85. The van der Waals surface area contributed by atoms with E-state index >= 15 is 0 Å². The minimum Gasteiger partial charge on any atom is -0.467 e. The predicted molar refractivity (Wildman–Crippen MR) is 72.6 cm³/mol. The van der Waals surface area contributed by atoms with E-state index in [1.54, 1.807) is 0 Å². The smallest absolute Gasteiger partial charge is 0.329 e. The van der Waals surface area contributed by atoms with Crippen molar-refractivity contribution in [3.8, 4) is 0 Å². The number of carbonyl (C=O) groups is 2. The van der Waals surface area contributed by atoms with Crippen LogP contribution in [-0.2, 0) is 20.7 Å². The quantitative estimate of drug-likeness (QED) is 0.601. The molecule has 0 spiro atoms. The minimum absolute atomic E-state index is 0.177. The molecule has 1 N–H and O–H groups in total. The van der Waals surface area contributed by atoms with Crippen molar-refractivity contribution in [2.45, 2.75) is 18.9 Å². The number of amides is 1. The van der Waals surface area contributed by atoms with Gasteiger partial charge in [-0.2, -0.15) is 12.6 Å². The molecule has 0 aliphatic rings. The van der Waals surface area contributed by atoms with Crippen LogP contribution in [0.3, 0.4) is 0 Å². The average Bonchev–Trinajstić information content (AvgIpc) is 2.42. The van der Waals surface area contributed by atoms with E-state index in [1.165, 1.54) is 7.11 Å². The second-order valence-electron chi connectivity index (χ2n) is 3.81. The van der Waals surface area contributed by atoms with Crippen molar-refractivity contribution in [2.75, 3.05) is 12.9 Å². The lowest BCUT2D eigenvalue weighted by Gasteiger charge is -2.13. The van der Waals surface area contributed by atoms with E-state index in [1.807, 2.05) is 30.3 Å². The molecular formula is C13H17NO3S. The number of thiol groups is 1. The van der Waals surface area contributed by atoms with E-state index in [4.69, 9.17) is 0 Å². The van der Waals surface area contributed by atoms with Gasteiger partial charge in [0.2, 0.25) is 5.91 Å². The molecule has 0 aliphatic heterocycles.